The maximum absolute atomic E-state index is 6.07. The minimum absolute atomic E-state index is 0.656. The Morgan fingerprint density at radius 2 is 2.04 bits per heavy atom. The minimum atomic E-state index is 0.656. The van der Waals surface area contributed by atoms with Crippen LogP contribution in [0.5, 0.6) is 0 Å². The van der Waals surface area contributed by atoms with Gasteiger partial charge >= 0.3 is 0 Å². The molecule has 0 unspecified atom stereocenters. The summed E-state index contributed by atoms with van der Waals surface area (Å²) in [5.74, 6) is 1.42. The summed E-state index contributed by atoms with van der Waals surface area (Å²) in [7, 11) is 0. The van der Waals surface area contributed by atoms with E-state index in [9.17, 15) is 0 Å². The van der Waals surface area contributed by atoms with Gasteiger partial charge in [-0.3, -0.25) is 5.43 Å². The van der Waals surface area contributed by atoms with E-state index >= 15 is 0 Å². The molecular weight excluding hydrogens is 354 g/mol. The molecule has 4 aromatic rings. The van der Waals surface area contributed by atoms with Crippen molar-refractivity contribution in [3.05, 3.63) is 70.9 Å². The molecular formula is C19H14ClN3OS. The molecule has 4 nitrogen and oxygen atoms in total. The van der Waals surface area contributed by atoms with Gasteiger partial charge in [0.15, 0.2) is 0 Å². The topological polar surface area (TPSA) is 50.4 Å². The van der Waals surface area contributed by atoms with E-state index in [0.29, 0.717) is 10.8 Å². The fourth-order valence-electron chi connectivity index (χ4n) is 2.50. The van der Waals surface area contributed by atoms with Gasteiger partial charge in [-0.2, -0.15) is 5.10 Å². The molecule has 0 fully saturated rings. The number of aryl methyl sites for hydroxylation is 1. The number of anilines is 1. The first-order valence-electron chi connectivity index (χ1n) is 7.70. The molecule has 0 saturated carbocycles. The van der Waals surface area contributed by atoms with Crippen molar-refractivity contribution < 1.29 is 4.42 Å². The van der Waals surface area contributed by atoms with E-state index in [0.717, 1.165) is 32.2 Å². The van der Waals surface area contributed by atoms with Crippen LogP contribution in [0.15, 0.2) is 64.1 Å². The van der Waals surface area contributed by atoms with Crippen LogP contribution in [0.25, 0.3) is 21.5 Å². The number of furan rings is 1. The van der Waals surface area contributed by atoms with Crippen LogP contribution in [-0.2, 0) is 0 Å². The number of halogens is 1. The van der Waals surface area contributed by atoms with Gasteiger partial charge in [0.1, 0.15) is 11.5 Å². The Bertz CT molecular complexity index is 1030. The second-order valence-corrected chi connectivity index (χ2v) is 6.99. The van der Waals surface area contributed by atoms with Crippen LogP contribution in [-0.4, -0.2) is 11.2 Å². The van der Waals surface area contributed by atoms with Crippen molar-refractivity contribution in [2.24, 2.45) is 5.10 Å². The molecule has 4 rings (SSSR count). The lowest BCUT2D eigenvalue weighted by atomic mass is 10.1. The molecule has 0 atom stereocenters. The normalized spacial score (nSPS) is 11.4. The third-order valence-electron chi connectivity index (χ3n) is 3.74. The Balaban J connectivity index is 1.50. The first kappa shape index (κ1) is 15.9. The highest BCUT2D eigenvalue weighted by Crippen LogP contribution is 2.28. The van der Waals surface area contributed by atoms with Gasteiger partial charge in [-0.25, -0.2) is 4.98 Å². The van der Waals surface area contributed by atoms with Crippen LogP contribution in [0.3, 0.4) is 0 Å². The molecule has 1 N–H and O–H groups in total. The first-order valence-corrected chi connectivity index (χ1v) is 8.89. The lowest BCUT2D eigenvalue weighted by molar-refractivity contribution is 0.574. The summed E-state index contributed by atoms with van der Waals surface area (Å²) in [6, 6.07) is 17.5. The van der Waals surface area contributed by atoms with Gasteiger partial charge in [0.05, 0.1) is 16.4 Å². The third-order valence-corrected chi connectivity index (χ3v) is 4.91. The second-order valence-electron chi connectivity index (χ2n) is 5.52. The number of hydrogen-bond donors (Lipinski definition) is 1. The highest BCUT2D eigenvalue weighted by molar-refractivity contribution is 7.22. The van der Waals surface area contributed by atoms with Crippen molar-refractivity contribution in [1.82, 2.24) is 4.98 Å². The van der Waals surface area contributed by atoms with E-state index in [1.807, 2.05) is 61.5 Å². The highest BCUT2D eigenvalue weighted by atomic mass is 35.5. The summed E-state index contributed by atoms with van der Waals surface area (Å²) in [5, 5.41) is 5.64. The van der Waals surface area contributed by atoms with Crippen LogP contribution < -0.4 is 5.43 Å². The Hall–Kier alpha value is -2.63. The number of thiazole rings is 1. The molecule has 0 bridgehead atoms. The van der Waals surface area contributed by atoms with Crippen LogP contribution in [0.4, 0.5) is 5.13 Å². The first-order chi connectivity index (χ1) is 12.2. The average Bonchev–Trinajstić information content (AvgIpc) is 3.23. The van der Waals surface area contributed by atoms with Gasteiger partial charge in [-0.05, 0) is 48.9 Å². The maximum Gasteiger partial charge on any atom is 0.204 e. The van der Waals surface area contributed by atoms with Gasteiger partial charge in [0.2, 0.25) is 5.13 Å². The van der Waals surface area contributed by atoms with Gasteiger partial charge in [-0.15, -0.1) is 0 Å². The van der Waals surface area contributed by atoms with E-state index in [2.05, 4.69) is 15.5 Å². The fourth-order valence-corrected chi connectivity index (χ4v) is 3.49. The van der Waals surface area contributed by atoms with Gasteiger partial charge in [0.25, 0.3) is 0 Å². The number of benzene rings is 2. The van der Waals surface area contributed by atoms with Gasteiger partial charge < -0.3 is 4.42 Å². The van der Waals surface area contributed by atoms with Crippen LogP contribution >= 0.6 is 22.9 Å². The molecule has 6 heteroatoms. The van der Waals surface area contributed by atoms with Crippen molar-refractivity contribution in [3.63, 3.8) is 0 Å². The smallest absolute Gasteiger partial charge is 0.204 e. The van der Waals surface area contributed by atoms with Crippen molar-refractivity contribution in [2.45, 2.75) is 6.92 Å². The molecule has 124 valence electrons. The summed E-state index contributed by atoms with van der Waals surface area (Å²) in [6.07, 6.45) is 1.63. The molecule has 2 aromatic carbocycles. The van der Waals surface area contributed by atoms with E-state index < -0.39 is 0 Å². The standard InChI is InChI=1S/C19H14ClN3OS/c1-12-6-7-13(20)10-15(12)17-9-8-14(24-17)11-21-23-19-22-16-4-2-3-5-18(16)25-19/h2-11H,1H3,(H,22,23). The molecule has 0 aliphatic carbocycles. The van der Waals surface area contributed by atoms with Crippen molar-refractivity contribution in [2.75, 3.05) is 5.43 Å². The number of para-hydroxylation sites is 1. The largest absolute Gasteiger partial charge is 0.455 e. The second kappa shape index (κ2) is 6.70. The van der Waals surface area contributed by atoms with E-state index in [1.54, 1.807) is 17.6 Å². The summed E-state index contributed by atoms with van der Waals surface area (Å²) in [4.78, 5) is 4.47. The average molecular weight is 368 g/mol. The number of aromatic nitrogens is 1. The maximum atomic E-state index is 6.07. The molecule has 0 saturated heterocycles. The van der Waals surface area contributed by atoms with Crippen LogP contribution in [0.2, 0.25) is 5.02 Å². The lowest BCUT2D eigenvalue weighted by Gasteiger charge is -2.02. The molecule has 2 heterocycles. The zero-order chi connectivity index (χ0) is 17.2. The van der Waals surface area contributed by atoms with Crippen molar-refractivity contribution >= 4 is 44.5 Å². The third kappa shape index (κ3) is 3.43. The number of rotatable bonds is 4. The molecule has 0 aliphatic rings. The quantitative estimate of drug-likeness (QED) is 0.357. The number of fused-ring (bicyclic) bond motifs is 1. The molecule has 2 aromatic heterocycles. The number of hydrogen-bond acceptors (Lipinski definition) is 5. The molecule has 0 radical (unpaired) electrons. The van der Waals surface area contributed by atoms with E-state index in [4.69, 9.17) is 16.0 Å². The Morgan fingerprint density at radius 3 is 2.92 bits per heavy atom. The van der Waals surface area contributed by atoms with E-state index in [-0.39, 0.29) is 0 Å². The molecule has 0 spiro atoms. The zero-order valence-corrected chi connectivity index (χ0v) is 14.9. The molecule has 0 aliphatic heterocycles. The number of nitrogens with zero attached hydrogens (tertiary/aromatic N) is 2. The SMILES string of the molecule is Cc1ccc(Cl)cc1-c1ccc(C=NNc2nc3ccccc3s2)o1. The highest BCUT2D eigenvalue weighted by Gasteiger charge is 2.07. The Morgan fingerprint density at radius 1 is 1.16 bits per heavy atom. The summed E-state index contributed by atoms with van der Waals surface area (Å²) < 4.78 is 6.96. The number of hydrazone groups is 1. The van der Waals surface area contributed by atoms with Crippen molar-refractivity contribution in [3.8, 4) is 11.3 Å². The van der Waals surface area contributed by atoms with Gasteiger partial charge in [0, 0.05) is 10.6 Å². The van der Waals surface area contributed by atoms with Crippen molar-refractivity contribution in [1.29, 1.82) is 0 Å². The Kier molecular flexibility index (Phi) is 4.26. The van der Waals surface area contributed by atoms with Crippen LogP contribution in [0.1, 0.15) is 11.3 Å². The predicted octanol–water partition coefficient (Wildman–Crippen LogP) is 5.96. The fraction of sp³-hybridized carbons (Fsp3) is 0.0526. The summed E-state index contributed by atoms with van der Waals surface area (Å²) in [5.41, 5.74) is 5.99. The van der Waals surface area contributed by atoms with Gasteiger partial charge in [-0.1, -0.05) is 41.1 Å². The molecule has 25 heavy (non-hydrogen) atoms. The summed E-state index contributed by atoms with van der Waals surface area (Å²) in [6.45, 7) is 2.02. The Labute approximate surface area is 153 Å². The minimum Gasteiger partial charge on any atom is -0.455 e. The van der Waals surface area contributed by atoms with Crippen LogP contribution in [0, 0.1) is 6.92 Å². The lowest BCUT2D eigenvalue weighted by Crippen LogP contribution is -1.88. The monoisotopic (exact) mass is 367 g/mol. The molecule has 0 amide bonds. The van der Waals surface area contributed by atoms with E-state index in [1.165, 1.54) is 0 Å². The predicted molar refractivity (Wildman–Crippen MR) is 105 cm³/mol. The number of nitrogens with one attached hydrogen (secondary N) is 1. The zero-order valence-electron chi connectivity index (χ0n) is 13.4. The summed E-state index contributed by atoms with van der Waals surface area (Å²) >= 11 is 7.63.